The van der Waals surface area contributed by atoms with Gasteiger partial charge in [0.2, 0.25) is 0 Å². The van der Waals surface area contributed by atoms with Crippen molar-refractivity contribution in [1.29, 1.82) is 0 Å². The largest absolute Gasteiger partial charge is 0.389 e. The van der Waals surface area contributed by atoms with E-state index < -0.39 is 31.9 Å². The fourth-order valence-electron chi connectivity index (χ4n) is 5.53. The number of carbonyl (C=O) groups is 1. The summed E-state index contributed by atoms with van der Waals surface area (Å²) in [5.41, 5.74) is 6.14. The first-order valence-corrected chi connectivity index (χ1v) is 13.7. The number of aliphatic hydroxyl groups is 1. The number of halogens is 2. The highest BCUT2D eigenvalue weighted by atomic mass is 35.5. The third-order valence-corrected chi connectivity index (χ3v) is 10.5. The van der Waals surface area contributed by atoms with Crippen LogP contribution in [0.25, 0.3) is 0 Å². The number of nitrogens with two attached hydrogens (primary N) is 1. The number of aryl methyl sites for hydroxylation is 1. The lowest BCUT2D eigenvalue weighted by atomic mass is 9.92. The summed E-state index contributed by atoms with van der Waals surface area (Å²) in [6.45, 7) is 4.94. The van der Waals surface area contributed by atoms with Gasteiger partial charge >= 0.3 is 0 Å². The third-order valence-electron chi connectivity index (χ3n) is 7.43. The summed E-state index contributed by atoms with van der Waals surface area (Å²) in [5, 5.41) is 18.3. The summed E-state index contributed by atoms with van der Waals surface area (Å²) >= 11 is 5.83. The number of hydrogen-bond acceptors (Lipinski definition) is 6. The fraction of sp³-hybridized carbons (Fsp3) is 0.583. The zero-order valence-electron chi connectivity index (χ0n) is 20.3. The summed E-state index contributed by atoms with van der Waals surface area (Å²) in [6.07, 6.45) is 2.17. The summed E-state index contributed by atoms with van der Waals surface area (Å²) in [6, 6.07) is 3.91. The van der Waals surface area contributed by atoms with Crippen molar-refractivity contribution >= 4 is 38.9 Å². The Morgan fingerprint density at radius 3 is 2.46 bits per heavy atom. The van der Waals surface area contributed by atoms with Crippen LogP contribution in [-0.2, 0) is 16.9 Å². The molecule has 4 atom stereocenters. The van der Waals surface area contributed by atoms with Crippen molar-refractivity contribution in [3.8, 4) is 0 Å². The zero-order valence-corrected chi connectivity index (χ0v) is 21.9. The highest BCUT2D eigenvalue weighted by Crippen LogP contribution is 2.54. The standard InChI is InChI=1S/C24H32ClFN4O4S/c1-23(2,3)35(33,34)12-24(32)10-14-7-13(8-15(14)11-24)20-19(21(27)30(4)29-20)22(31)28-16-5-6-18(26)17(25)9-16/h5-6,9,13-15,32H,7-8,10-12,27H2,1-4H3,(H,28,31)/t13?,14-,15?,24?/m0/s1. The van der Waals surface area contributed by atoms with Crippen LogP contribution in [0.4, 0.5) is 15.9 Å². The average Bonchev–Trinajstić information content (AvgIpc) is 3.32. The van der Waals surface area contributed by atoms with Gasteiger partial charge in [0.15, 0.2) is 9.84 Å². The summed E-state index contributed by atoms with van der Waals surface area (Å²) in [4.78, 5) is 13.1. The van der Waals surface area contributed by atoms with E-state index in [-0.39, 0.29) is 39.9 Å². The second kappa shape index (κ2) is 8.74. The lowest BCUT2D eigenvalue weighted by Gasteiger charge is -2.29. The Labute approximate surface area is 209 Å². The monoisotopic (exact) mass is 526 g/mol. The Morgan fingerprint density at radius 1 is 1.31 bits per heavy atom. The SMILES string of the molecule is Cn1nc(C2CC3CC(O)(CS(=O)(=O)C(C)(C)C)C[C@@H]3C2)c(C(=O)Nc2ccc(F)c(Cl)c2)c1N. The maximum Gasteiger partial charge on any atom is 0.261 e. The Hall–Kier alpha value is -2.17. The molecule has 0 aliphatic heterocycles. The van der Waals surface area contributed by atoms with Gasteiger partial charge in [-0.1, -0.05) is 11.6 Å². The van der Waals surface area contributed by atoms with Gasteiger partial charge in [-0.3, -0.25) is 9.48 Å². The lowest BCUT2D eigenvalue weighted by molar-refractivity contribution is 0.0607. The van der Waals surface area contributed by atoms with Gasteiger partial charge in [-0.05, 0) is 76.5 Å². The molecule has 1 heterocycles. The predicted octanol–water partition coefficient (Wildman–Crippen LogP) is 3.90. The Kier molecular flexibility index (Phi) is 6.47. The molecule has 4 rings (SSSR count). The number of benzene rings is 1. The second-order valence-corrected chi connectivity index (χ2v) is 14.2. The Bertz CT molecular complexity index is 1260. The van der Waals surface area contributed by atoms with Gasteiger partial charge in [0.05, 0.1) is 26.8 Å². The molecular weight excluding hydrogens is 495 g/mol. The molecule has 192 valence electrons. The molecule has 2 aliphatic rings. The Morgan fingerprint density at radius 2 is 1.91 bits per heavy atom. The minimum atomic E-state index is -3.46. The zero-order chi connectivity index (χ0) is 25.9. The number of hydrogen-bond donors (Lipinski definition) is 3. The van der Waals surface area contributed by atoms with E-state index in [1.807, 2.05) is 0 Å². The molecule has 2 saturated carbocycles. The van der Waals surface area contributed by atoms with Crippen molar-refractivity contribution in [1.82, 2.24) is 9.78 Å². The number of nitrogens with zero attached hydrogens (tertiary/aromatic N) is 2. The van der Waals surface area contributed by atoms with E-state index in [1.54, 1.807) is 27.8 Å². The van der Waals surface area contributed by atoms with E-state index in [0.29, 0.717) is 37.1 Å². The number of nitrogen functional groups attached to an aromatic ring is 1. The molecule has 2 fully saturated rings. The summed E-state index contributed by atoms with van der Waals surface area (Å²) < 4.78 is 39.4. The van der Waals surface area contributed by atoms with Crippen molar-refractivity contribution in [3.63, 3.8) is 0 Å². The highest BCUT2D eigenvalue weighted by molar-refractivity contribution is 7.92. The second-order valence-electron chi connectivity index (χ2n) is 11.0. The van der Waals surface area contributed by atoms with Crippen molar-refractivity contribution in [2.24, 2.45) is 18.9 Å². The molecule has 4 N–H and O–H groups in total. The third kappa shape index (κ3) is 4.93. The number of fused-ring (bicyclic) bond motifs is 1. The molecule has 8 nitrogen and oxygen atoms in total. The number of aromatic nitrogens is 2. The number of sulfone groups is 1. The van der Waals surface area contributed by atoms with Crippen LogP contribution in [0.2, 0.25) is 5.02 Å². The maximum absolute atomic E-state index is 13.5. The normalized spacial score (nSPS) is 26.7. The van der Waals surface area contributed by atoms with Crippen LogP contribution in [-0.4, -0.2) is 45.3 Å². The van der Waals surface area contributed by atoms with Gasteiger partial charge in [-0.2, -0.15) is 5.10 Å². The average molecular weight is 527 g/mol. The highest BCUT2D eigenvalue weighted by Gasteiger charge is 2.52. The van der Waals surface area contributed by atoms with Crippen LogP contribution >= 0.6 is 11.6 Å². The smallest absolute Gasteiger partial charge is 0.261 e. The number of anilines is 2. The molecule has 0 bridgehead atoms. The quantitative estimate of drug-likeness (QED) is 0.542. The van der Waals surface area contributed by atoms with Crippen LogP contribution in [0.15, 0.2) is 18.2 Å². The molecule has 1 aromatic carbocycles. The van der Waals surface area contributed by atoms with Crippen molar-refractivity contribution < 1.29 is 22.7 Å². The van der Waals surface area contributed by atoms with Crippen LogP contribution < -0.4 is 11.1 Å². The molecule has 35 heavy (non-hydrogen) atoms. The van der Waals surface area contributed by atoms with Gasteiger partial charge in [-0.25, -0.2) is 12.8 Å². The van der Waals surface area contributed by atoms with Gasteiger partial charge in [-0.15, -0.1) is 0 Å². The first kappa shape index (κ1) is 25.9. The Balaban J connectivity index is 1.51. The number of amides is 1. The van der Waals surface area contributed by atoms with Crippen molar-refractivity contribution in [3.05, 3.63) is 40.3 Å². The van der Waals surface area contributed by atoms with Gasteiger partial charge in [0, 0.05) is 18.7 Å². The number of rotatable bonds is 5. The minimum Gasteiger partial charge on any atom is -0.389 e. The van der Waals surface area contributed by atoms with E-state index in [2.05, 4.69) is 10.4 Å². The molecule has 0 saturated heterocycles. The fourth-order valence-corrected chi connectivity index (χ4v) is 7.08. The molecule has 0 spiro atoms. The van der Waals surface area contributed by atoms with Crippen LogP contribution in [0.3, 0.4) is 0 Å². The first-order chi connectivity index (χ1) is 16.1. The molecule has 1 amide bonds. The first-order valence-electron chi connectivity index (χ1n) is 11.6. The van der Waals surface area contributed by atoms with E-state index >= 15 is 0 Å². The van der Waals surface area contributed by atoms with Crippen LogP contribution in [0.1, 0.15) is 68.4 Å². The predicted molar refractivity (Wildman–Crippen MR) is 134 cm³/mol. The van der Waals surface area contributed by atoms with Crippen LogP contribution in [0.5, 0.6) is 0 Å². The molecule has 1 aromatic heterocycles. The molecular formula is C24H32ClFN4O4S. The van der Waals surface area contributed by atoms with Crippen LogP contribution in [0, 0.1) is 17.7 Å². The molecule has 0 radical (unpaired) electrons. The number of carbonyl (C=O) groups excluding carboxylic acids is 1. The summed E-state index contributed by atoms with van der Waals surface area (Å²) in [5.74, 6) is -0.848. The molecule has 11 heteroatoms. The molecule has 2 aliphatic carbocycles. The number of nitrogens with one attached hydrogen (secondary N) is 1. The van der Waals surface area contributed by atoms with E-state index in [4.69, 9.17) is 17.3 Å². The molecule has 2 aromatic rings. The minimum absolute atomic E-state index is 0.0465. The van der Waals surface area contributed by atoms with Crippen molar-refractivity contribution in [2.75, 3.05) is 16.8 Å². The maximum atomic E-state index is 13.5. The van der Waals surface area contributed by atoms with Gasteiger partial charge in [0.25, 0.3) is 5.91 Å². The summed E-state index contributed by atoms with van der Waals surface area (Å²) in [7, 11) is -1.80. The topological polar surface area (TPSA) is 127 Å². The van der Waals surface area contributed by atoms with E-state index in [9.17, 15) is 22.7 Å². The van der Waals surface area contributed by atoms with E-state index in [0.717, 1.165) is 0 Å². The van der Waals surface area contributed by atoms with E-state index in [1.165, 1.54) is 22.9 Å². The lowest BCUT2D eigenvalue weighted by Crippen LogP contribution is -2.42. The molecule has 3 unspecified atom stereocenters. The van der Waals surface area contributed by atoms with Gasteiger partial charge in [0.1, 0.15) is 17.2 Å². The van der Waals surface area contributed by atoms with Gasteiger partial charge < -0.3 is 16.2 Å². The van der Waals surface area contributed by atoms with Crippen molar-refractivity contribution in [2.45, 2.75) is 62.7 Å².